The Balaban J connectivity index is 4.32. The van der Waals surface area contributed by atoms with Crippen molar-refractivity contribution < 1.29 is 9.53 Å². The molecule has 0 aromatic heterocycles. The van der Waals surface area contributed by atoms with Gasteiger partial charge in [0.25, 0.3) is 0 Å². The number of rotatable bonds is 7. The number of allylic oxidation sites excluding steroid dienone is 1. The predicted octanol–water partition coefficient (Wildman–Crippen LogP) is 4.75. The molecule has 2 nitrogen and oxygen atoms in total. The molecule has 1 N–H and O–H groups in total. The minimum atomic E-state index is -1.65. The second kappa shape index (κ2) is 7.60. The second-order valence-corrected chi connectivity index (χ2v) is 12.1. The van der Waals surface area contributed by atoms with Crippen molar-refractivity contribution in [3.05, 3.63) is 11.6 Å². The third-order valence-corrected chi connectivity index (χ3v) is 9.03. The Morgan fingerprint density at radius 3 is 2.21 bits per heavy atom. The first-order valence-electron chi connectivity index (χ1n) is 7.45. The van der Waals surface area contributed by atoms with Crippen molar-refractivity contribution in [1.82, 2.24) is 0 Å². The summed E-state index contributed by atoms with van der Waals surface area (Å²) in [4.78, 5) is 0. The first kappa shape index (κ1) is 18.9. The highest BCUT2D eigenvalue weighted by Crippen LogP contribution is 2.38. The molecular formula is C16H34O2Si. The maximum atomic E-state index is 8.96. The Labute approximate surface area is 121 Å². The van der Waals surface area contributed by atoms with Crippen LogP contribution in [0.2, 0.25) is 18.1 Å². The molecule has 19 heavy (non-hydrogen) atoms. The van der Waals surface area contributed by atoms with E-state index in [-0.39, 0.29) is 11.6 Å². The summed E-state index contributed by atoms with van der Waals surface area (Å²) in [6.45, 7) is 18.1. The van der Waals surface area contributed by atoms with Crippen LogP contribution in [0.3, 0.4) is 0 Å². The van der Waals surface area contributed by atoms with E-state index in [1.807, 2.05) is 6.92 Å². The summed E-state index contributed by atoms with van der Waals surface area (Å²) in [7, 11) is -1.65. The highest BCUT2D eigenvalue weighted by Gasteiger charge is 2.38. The van der Waals surface area contributed by atoms with Gasteiger partial charge in [-0.3, -0.25) is 0 Å². The van der Waals surface area contributed by atoms with Crippen molar-refractivity contribution in [3.8, 4) is 0 Å². The Hall–Kier alpha value is -0.123. The summed E-state index contributed by atoms with van der Waals surface area (Å²) in [6.07, 6.45) is 4.59. The fourth-order valence-electron chi connectivity index (χ4n) is 1.65. The van der Waals surface area contributed by atoms with Crippen LogP contribution < -0.4 is 0 Å². The SMILES string of the molecule is C/C(=C\CC[C@H](C)[C@@H](C)O[Si](C)(C)C(C)(C)C)CO. The quantitative estimate of drug-likeness (QED) is 0.540. The lowest BCUT2D eigenvalue weighted by atomic mass is 9.99. The van der Waals surface area contributed by atoms with Gasteiger partial charge in [0.05, 0.1) is 6.61 Å². The lowest BCUT2D eigenvalue weighted by Gasteiger charge is -2.40. The van der Waals surface area contributed by atoms with Gasteiger partial charge in [0.15, 0.2) is 8.32 Å². The molecule has 0 saturated carbocycles. The molecule has 0 aliphatic heterocycles. The summed E-state index contributed by atoms with van der Waals surface area (Å²) >= 11 is 0. The smallest absolute Gasteiger partial charge is 0.192 e. The molecule has 0 radical (unpaired) electrons. The van der Waals surface area contributed by atoms with Crippen molar-refractivity contribution in [3.63, 3.8) is 0 Å². The molecule has 0 aliphatic rings. The molecule has 0 amide bonds. The van der Waals surface area contributed by atoms with Crippen molar-refractivity contribution >= 4 is 8.32 Å². The fraction of sp³-hybridized carbons (Fsp3) is 0.875. The lowest BCUT2D eigenvalue weighted by molar-refractivity contribution is 0.138. The first-order valence-corrected chi connectivity index (χ1v) is 10.4. The molecule has 0 fully saturated rings. The molecule has 0 rings (SSSR count). The number of hydrogen-bond acceptors (Lipinski definition) is 2. The molecule has 0 heterocycles. The van der Waals surface area contributed by atoms with Gasteiger partial charge >= 0.3 is 0 Å². The molecule has 0 aromatic carbocycles. The average Bonchev–Trinajstić information content (AvgIpc) is 2.26. The van der Waals surface area contributed by atoms with Crippen LogP contribution >= 0.6 is 0 Å². The summed E-state index contributed by atoms with van der Waals surface area (Å²) in [5.74, 6) is 0.553. The summed E-state index contributed by atoms with van der Waals surface area (Å²) in [6, 6.07) is 0. The zero-order valence-corrected chi connectivity index (χ0v) is 15.2. The minimum absolute atomic E-state index is 0.171. The zero-order chi connectivity index (χ0) is 15.3. The predicted molar refractivity (Wildman–Crippen MR) is 87.0 cm³/mol. The molecule has 3 heteroatoms. The van der Waals surface area contributed by atoms with Crippen LogP contribution in [0.4, 0.5) is 0 Å². The fourth-order valence-corrected chi connectivity index (χ4v) is 3.16. The Bertz CT molecular complexity index is 290. The lowest BCUT2D eigenvalue weighted by Crippen LogP contribution is -2.44. The van der Waals surface area contributed by atoms with Crippen molar-refractivity contribution in [2.45, 2.75) is 78.6 Å². The molecule has 0 aliphatic carbocycles. The second-order valence-electron chi connectivity index (χ2n) is 7.35. The van der Waals surface area contributed by atoms with Gasteiger partial charge in [-0.1, -0.05) is 39.3 Å². The molecule has 114 valence electrons. The van der Waals surface area contributed by atoms with Crippen molar-refractivity contribution in [1.29, 1.82) is 0 Å². The Morgan fingerprint density at radius 1 is 1.26 bits per heavy atom. The van der Waals surface area contributed by atoms with E-state index in [9.17, 15) is 0 Å². The summed E-state index contributed by atoms with van der Waals surface area (Å²) in [5, 5.41) is 9.24. The topological polar surface area (TPSA) is 29.5 Å². The molecule has 0 unspecified atom stereocenters. The van der Waals surface area contributed by atoms with Crippen LogP contribution in [0.1, 0.15) is 54.4 Å². The van der Waals surface area contributed by atoms with E-state index in [0.717, 1.165) is 18.4 Å². The van der Waals surface area contributed by atoms with Gasteiger partial charge in [-0.15, -0.1) is 0 Å². The third-order valence-electron chi connectivity index (χ3n) is 4.45. The van der Waals surface area contributed by atoms with Crippen molar-refractivity contribution in [2.75, 3.05) is 6.61 Å². The van der Waals surface area contributed by atoms with Crippen LogP contribution in [0.15, 0.2) is 11.6 Å². The van der Waals surface area contributed by atoms with Crippen LogP contribution in [0.5, 0.6) is 0 Å². The molecular weight excluding hydrogens is 252 g/mol. The minimum Gasteiger partial charge on any atom is -0.414 e. The molecule has 0 bridgehead atoms. The maximum Gasteiger partial charge on any atom is 0.192 e. The number of aliphatic hydroxyl groups excluding tert-OH is 1. The van der Waals surface area contributed by atoms with E-state index in [1.54, 1.807) is 0 Å². The summed E-state index contributed by atoms with van der Waals surface area (Å²) < 4.78 is 6.42. The van der Waals surface area contributed by atoms with E-state index >= 15 is 0 Å². The standard InChI is InChI=1S/C16H34O2Si/c1-13(12-17)10-9-11-14(2)15(3)18-19(7,8)16(4,5)6/h10,14-15,17H,9,11-12H2,1-8H3/b13-10+/t14-,15+/m0/s1. The third kappa shape index (κ3) is 6.73. The molecule has 2 atom stereocenters. The zero-order valence-electron chi connectivity index (χ0n) is 14.2. The van der Waals surface area contributed by atoms with Gasteiger partial charge in [0, 0.05) is 6.10 Å². The molecule has 0 aromatic rings. The largest absolute Gasteiger partial charge is 0.414 e. The monoisotopic (exact) mass is 286 g/mol. The molecule has 0 spiro atoms. The van der Waals surface area contributed by atoms with Gasteiger partial charge < -0.3 is 9.53 Å². The number of hydrogen-bond donors (Lipinski definition) is 1. The highest BCUT2D eigenvalue weighted by molar-refractivity contribution is 6.74. The first-order chi connectivity index (χ1) is 8.51. The maximum absolute atomic E-state index is 8.96. The van der Waals surface area contributed by atoms with E-state index in [0.29, 0.717) is 12.0 Å². The normalized spacial score (nSPS) is 17.4. The number of aliphatic hydroxyl groups is 1. The van der Waals surface area contributed by atoms with Gasteiger partial charge in [0.2, 0.25) is 0 Å². The van der Waals surface area contributed by atoms with Crippen molar-refractivity contribution in [2.24, 2.45) is 5.92 Å². The average molecular weight is 287 g/mol. The van der Waals surface area contributed by atoms with Crippen LogP contribution in [0.25, 0.3) is 0 Å². The highest BCUT2D eigenvalue weighted by atomic mass is 28.4. The van der Waals surface area contributed by atoms with E-state index < -0.39 is 8.32 Å². The van der Waals surface area contributed by atoms with Gasteiger partial charge in [-0.25, -0.2) is 0 Å². The van der Waals surface area contributed by atoms with Crippen LogP contribution in [-0.4, -0.2) is 26.1 Å². The van der Waals surface area contributed by atoms with Crippen LogP contribution in [0, 0.1) is 5.92 Å². The Morgan fingerprint density at radius 2 is 1.79 bits per heavy atom. The van der Waals surface area contributed by atoms with E-state index in [1.165, 1.54) is 0 Å². The van der Waals surface area contributed by atoms with Gasteiger partial charge in [-0.2, -0.15) is 0 Å². The van der Waals surface area contributed by atoms with E-state index in [2.05, 4.69) is 53.8 Å². The van der Waals surface area contributed by atoms with Gasteiger partial charge in [-0.05, 0) is 50.7 Å². The Kier molecular flexibility index (Phi) is 7.55. The van der Waals surface area contributed by atoms with Crippen LogP contribution in [-0.2, 0) is 4.43 Å². The summed E-state index contributed by atoms with van der Waals surface area (Å²) in [5.41, 5.74) is 1.06. The van der Waals surface area contributed by atoms with Gasteiger partial charge in [0.1, 0.15) is 0 Å². The van der Waals surface area contributed by atoms with E-state index in [4.69, 9.17) is 9.53 Å². The molecule has 0 saturated heterocycles.